The average Bonchev–Trinajstić information content (AvgIpc) is 3.18. The van der Waals surface area contributed by atoms with Gasteiger partial charge in [-0.3, -0.25) is 4.90 Å². The molecule has 3 amide bonds. The number of urea groups is 1. The minimum absolute atomic E-state index is 0.142. The maximum absolute atomic E-state index is 12.6. The van der Waals surface area contributed by atoms with Crippen LogP contribution in [0.5, 0.6) is 0 Å². The number of benzene rings is 1. The highest BCUT2D eigenvalue weighted by Crippen LogP contribution is 2.27. The third-order valence-corrected chi connectivity index (χ3v) is 5.31. The Morgan fingerprint density at radius 2 is 2.19 bits per heavy atom. The summed E-state index contributed by atoms with van der Waals surface area (Å²) in [6.45, 7) is 6.82. The van der Waals surface area contributed by atoms with Crippen LogP contribution in [0.15, 0.2) is 24.3 Å². The predicted octanol–water partition coefficient (Wildman–Crippen LogP) is 3.94. The smallest absolute Gasteiger partial charge is 0.414 e. The number of carbonyl (C=O) groups excluding carboxylic acids is 2. The van der Waals surface area contributed by atoms with Crippen molar-refractivity contribution in [3.63, 3.8) is 0 Å². The largest absolute Gasteiger partial charge is 0.447 e. The number of amides is 3. The summed E-state index contributed by atoms with van der Waals surface area (Å²) < 4.78 is 4.96. The molecule has 0 saturated carbocycles. The third-order valence-electron chi connectivity index (χ3n) is 4.41. The quantitative estimate of drug-likeness (QED) is 0.879. The van der Waals surface area contributed by atoms with Crippen molar-refractivity contribution in [2.24, 2.45) is 0 Å². The zero-order valence-corrected chi connectivity index (χ0v) is 16.1. The molecular formula is C18H22N4O3S. The van der Waals surface area contributed by atoms with E-state index in [1.165, 1.54) is 0 Å². The molecule has 1 aliphatic rings. The van der Waals surface area contributed by atoms with Gasteiger partial charge < -0.3 is 15.0 Å². The number of anilines is 2. The van der Waals surface area contributed by atoms with Crippen molar-refractivity contribution in [1.82, 2.24) is 9.88 Å². The number of hydrogen-bond acceptors (Lipinski definition) is 5. The van der Waals surface area contributed by atoms with Crippen molar-refractivity contribution in [3.05, 3.63) is 39.8 Å². The van der Waals surface area contributed by atoms with Gasteiger partial charge in [0.15, 0.2) is 0 Å². The van der Waals surface area contributed by atoms with E-state index >= 15 is 0 Å². The molecular weight excluding hydrogens is 352 g/mol. The highest BCUT2D eigenvalue weighted by molar-refractivity contribution is 7.11. The second kappa shape index (κ2) is 7.33. The van der Waals surface area contributed by atoms with E-state index in [4.69, 9.17) is 4.74 Å². The number of nitrogens with zero attached hydrogens (tertiary/aromatic N) is 3. The summed E-state index contributed by atoms with van der Waals surface area (Å²) in [6.07, 6.45) is -0.367. The highest BCUT2D eigenvalue weighted by Gasteiger charge is 2.25. The summed E-state index contributed by atoms with van der Waals surface area (Å²) in [5.74, 6) is 0. The van der Waals surface area contributed by atoms with E-state index in [1.54, 1.807) is 46.4 Å². The van der Waals surface area contributed by atoms with Crippen LogP contribution < -0.4 is 10.2 Å². The van der Waals surface area contributed by atoms with Gasteiger partial charge >= 0.3 is 12.1 Å². The van der Waals surface area contributed by atoms with E-state index in [2.05, 4.69) is 10.3 Å². The second-order valence-electron chi connectivity index (χ2n) is 6.21. The van der Waals surface area contributed by atoms with Crippen LogP contribution in [0, 0.1) is 13.8 Å². The second-order valence-corrected chi connectivity index (χ2v) is 7.61. The molecule has 138 valence electrons. The van der Waals surface area contributed by atoms with Gasteiger partial charge in [-0.25, -0.2) is 14.6 Å². The number of ether oxygens (including phenoxy) is 1. The molecule has 2 aromatic rings. The molecule has 3 rings (SSSR count). The molecule has 0 aliphatic carbocycles. The van der Waals surface area contributed by atoms with Crippen LogP contribution in [-0.4, -0.2) is 42.2 Å². The molecule has 1 aliphatic heterocycles. The van der Waals surface area contributed by atoms with Crippen LogP contribution in [0.3, 0.4) is 0 Å². The number of nitrogens with one attached hydrogen (secondary N) is 1. The van der Waals surface area contributed by atoms with E-state index in [1.807, 2.05) is 26.8 Å². The number of cyclic esters (lactones) is 1. The maximum Gasteiger partial charge on any atom is 0.414 e. The molecule has 2 heterocycles. The summed E-state index contributed by atoms with van der Waals surface area (Å²) in [5, 5.41) is 3.87. The molecule has 0 unspecified atom stereocenters. The number of aromatic nitrogens is 1. The molecule has 1 aromatic carbocycles. The predicted molar refractivity (Wildman–Crippen MR) is 102 cm³/mol. The van der Waals surface area contributed by atoms with Crippen molar-refractivity contribution >= 4 is 34.8 Å². The van der Waals surface area contributed by atoms with Crippen LogP contribution in [0.2, 0.25) is 0 Å². The lowest BCUT2D eigenvalue weighted by Gasteiger charge is -2.25. The van der Waals surface area contributed by atoms with E-state index in [0.29, 0.717) is 24.5 Å². The summed E-state index contributed by atoms with van der Waals surface area (Å²) in [4.78, 5) is 33.1. The molecule has 1 N–H and O–H groups in total. The molecule has 8 heteroatoms. The van der Waals surface area contributed by atoms with Crippen molar-refractivity contribution < 1.29 is 14.3 Å². The van der Waals surface area contributed by atoms with Crippen molar-refractivity contribution in [2.45, 2.75) is 26.8 Å². The molecule has 1 saturated heterocycles. The Hall–Kier alpha value is -2.61. The third kappa shape index (κ3) is 3.65. The Labute approximate surface area is 156 Å². The van der Waals surface area contributed by atoms with Gasteiger partial charge in [0.2, 0.25) is 0 Å². The molecule has 1 atom stereocenters. The van der Waals surface area contributed by atoms with Gasteiger partial charge in [-0.15, -0.1) is 11.3 Å². The van der Waals surface area contributed by atoms with Crippen LogP contribution >= 0.6 is 11.3 Å². The Bertz CT molecular complexity index is 836. The van der Waals surface area contributed by atoms with Crippen LogP contribution in [-0.2, 0) is 4.74 Å². The fourth-order valence-electron chi connectivity index (χ4n) is 2.88. The minimum Gasteiger partial charge on any atom is -0.447 e. The zero-order chi connectivity index (χ0) is 18.8. The van der Waals surface area contributed by atoms with Crippen molar-refractivity contribution in [1.29, 1.82) is 0 Å². The molecule has 26 heavy (non-hydrogen) atoms. The monoisotopic (exact) mass is 374 g/mol. The number of thiazole rings is 1. The lowest BCUT2D eigenvalue weighted by Crippen LogP contribution is -2.34. The van der Waals surface area contributed by atoms with E-state index in [9.17, 15) is 9.59 Å². The molecule has 0 spiro atoms. The van der Waals surface area contributed by atoms with Crippen LogP contribution in [0.1, 0.15) is 28.5 Å². The summed E-state index contributed by atoms with van der Waals surface area (Å²) in [7, 11) is 1.75. The minimum atomic E-state index is -0.367. The van der Waals surface area contributed by atoms with E-state index in [0.717, 1.165) is 15.6 Å². The lowest BCUT2D eigenvalue weighted by molar-refractivity contribution is 0.181. The summed E-state index contributed by atoms with van der Waals surface area (Å²) >= 11 is 1.63. The number of hydrogen-bond donors (Lipinski definition) is 1. The Morgan fingerprint density at radius 3 is 2.81 bits per heavy atom. The molecule has 0 bridgehead atoms. The van der Waals surface area contributed by atoms with Gasteiger partial charge in [-0.1, -0.05) is 6.07 Å². The molecule has 1 aromatic heterocycles. The number of aryl methyl sites for hydroxylation is 2. The molecule has 1 fully saturated rings. The maximum atomic E-state index is 12.6. The fraction of sp³-hybridized carbons (Fsp3) is 0.389. The first-order valence-electron chi connectivity index (χ1n) is 8.39. The highest BCUT2D eigenvalue weighted by atomic mass is 32.1. The topological polar surface area (TPSA) is 74.8 Å². The summed E-state index contributed by atoms with van der Waals surface area (Å²) in [5.41, 5.74) is 2.24. The molecule has 7 nitrogen and oxygen atoms in total. The Balaban J connectivity index is 1.71. The van der Waals surface area contributed by atoms with Gasteiger partial charge in [-0.2, -0.15) is 0 Å². The van der Waals surface area contributed by atoms with Gasteiger partial charge in [0.1, 0.15) is 6.61 Å². The Kier molecular flexibility index (Phi) is 5.13. The van der Waals surface area contributed by atoms with Gasteiger partial charge in [-0.05, 0) is 39.0 Å². The lowest BCUT2D eigenvalue weighted by atomic mass is 10.2. The van der Waals surface area contributed by atoms with E-state index in [-0.39, 0.29) is 18.2 Å². The summed E-state index contributed by atoms with van der Waals surface area (Å²) in [6, 6.07) is 6.80. The van der Waals surface area contributed by atoms with Gasteiger partial charge in [0.25, 0.3) is 0 Å². The standard InChI is InChI=1S/C18H22N4O3S/c1-11(16-12(2)26-13(3)19-16)21(4)17(23)20-14-6-5-7-15(10-14)22-8-9-25-18(22)24/h5-7,10-11H,8-9H2,1-4H3,(H,20,23)/t11-/m1/s1. The van der Waals surface area contributed by atoms with Gasteiger partial charge in [0, 0.05) is 23.3 Å². The first kappa shape index (κ1) is 18.2. The fourth-order valence-corrected chi connectivity index (χ4v) is 3.79. The Morgan fingerprint density at radius 1 is 1.42 bits per heavy atom. The van der Waals surface area contributed by atoms with Gasteiger partial charge in [0.05, 0.1) is 23.3 Å². The van der Waals surface area contributed by atoms with Crippen LogP contribution in [0.4, 0.5) is 21.0 Å². The first-order valence-corrected chi connectivity index (χ1v) is 9.20. The number of carbonyl (C=O) groups is 2. The van der Waals surface area contributed by atoms with Crippen LogP contribution in [0.25, 0.3) is 0 Å². The number of rotatable bonds is 4. The normalized spacial score (nSPS) is 14.9. The molecule has 0 radical (unpaired) electrons. The van der Waals surface area contributed by atoms with Crippen molar-refractivity contribution in [2.75, 3.05) is 30.4 Å². The SMILES string of the molecule is Cc1nc([C@@H](C)N(C)C(=O)Nc2cccc(N3CCOC3=O)c2)c(C)s1. The van der Waals surface area contributed by atoms with E-state index < -0.39 is 0 Å². The first-order chi connectivity index (χ1) is 12.4. The average molecular weight is 374 g/mol. The van der Waals surface area contributed by atoms with Crippen molar-refractivity contribution in [3.8, 4) is 0 Å². The zero-order valence-electron chi connectivity index (χ0n) is 15.3.